The van der Waals surface area contributed by atoms with Gasteiger partial charge < -0.3 is 19.1 Å². The van der Waals surface area contributed by atoms with E-state index < -0.39 is 5.60 Å². The molecule has 3 aromatic rings. The van der Waals surface area contributed by atoms with E-state index in [1.807, 2.05) is 39.1 Å². The number of aromatic nitrogens is 1. The van der Waals surface area contributed by atoms with Gasteiger partial charge in [0.25, 0.3) is 0 Å². The SMILES string of the molecule is CO[C@@H](Cc1ccccc1)Cc1cccc(-c2cncc(OC[C@H]3CCN3C(=O)OC(C)(C)C)c2)c1. The number of likely N-dealkylation sites (tertiary alicyclic amines) is 1. The molecule has 1 aromatic heterocycles. The Bertz CT molecular complexity index is 1140. The number of methoxy groups -OCH3 is 1. The maximum Gasteiger partial charge on any atom is 0.410 e. The van der Waals surface area contributed by atoms with E-state index in [9.17, 15) is 4.79 Å². The van der Waals surface area contributed by atoms with Crippen LogP contribution in [0, 0.1) is 0 Å². The second-order valence-electron chi connectivity index (χ2n) is 10.3. The van der Waals surface area contributed by atoms with Crippen molar-refractivity contribution < 1.29 is 19.0 Å². The molecule has 2 heterocycles. The molecule has 1 aliphatic rings. The van der Waals surface area contributed by atoms with E-state index in [1.54, 1.807) is 18.2 Å². The van der Waals surface area contributed by atoms with Gasteiger partial charge in [-0.2, -0.15) is 0 Å². The summed E-state index contributed by atoms with van der Waals surface area (Å²) >= 11 is 0. The molecular weight excluding hydrogens is 452 g/mol. The summed E-state index contributed by atoms with van der Waals surface area (Å²) in [5, 5.41) is 0. The predicted octanol–water partition coefficient (Wildman–Crippen LogP) is 5.94. The van der Waals surface area contributed by atoms with E-state index in [2.05, 4.69) is 53.5 Å². The third-order valence-electron chi connectivity index (χ3n) is 6.29. The molecule has 190 valence electrons. The third kappa shape index (κ3) is 7.08. The average molecular weight is 489 g/mol. The zero-order chi connectivity index (χ0) is 25.5. The predicted molar refractivity (Wildman–Crippen MR) is 141 cm³/mol. The molecule has 6 heteroatoms. The molecule has 0 unspecified atom stereocenters. The summed E-state index contributed by atoms with van der Waals surface area (Å²) in [6.45, 7) is 6.74. The molecule has 0 aliphatic carbocycles. The first-order valence-corrected chi connectivity index (χ1v) is 12.5. The zero-order valence-electron chi connectivity index (χ0n) is 21.6. The van der Waals surface area contributed by atoms with Gasteiger partial charge in [0.05, 0.1) is 18.3 Å². The lowest BCUT2D eigenvalue weighted by molar-refractivity contribution is -0.0141. The highest BCUT2D eigenvalue weighted by atomic mass is 16.6. The van der Waals surface area contributed by atoms with Gasteiger partial charge in [-0.15, -0.1) is 0 Å². The maximum absolute atomic E-state index is 12.4. The number of hydrogen-bond donors (Lipinski definition) is 0. The Hall–Kier alpha value is -3.38. The van der Waals surface area contributed by atoms with Crippen molar-refractivity contribution in [2.24, 2.45) is 0 Å². The van der Waals surface area contributed by atoms with Gasteiger partial charge >= 0.3 is 6.09 Å². The van der Waals surface area contributed by atoms with Crippen molar-refractivity contribution in [3.8, 4) is 16.9 Å². The van der Waals surface area contributed by atoms with Gasteiger partial charge in [0.2, 0.25) is 0 Å². The molecule has 4 rings (SSSR count). The summed E-state index contributed by atoms with van der Waals surface area (Å²) in [6, 6.07) is 20.9. The van der Waals surface area contributed by atoms with Crippen molar-refractivity contribution in [3.63, 3.8) is 0 Å². The lowest BCUT2D eigenvalue weighted by Gasteiger charge is -2.40. The number of nitrogens with zero attached hydrogens (tertiary/aromatic N) is 2. The number of carbonyl (C=O) groups is 1. The van der Waals surface area contributed by atoms with Crippen LogP contribution in [0.1, 0.15) is 38.3 Å². The summed E-state index contributed by atoms with van der Waals surface area (Å²) in [4.78, 5) is 18.5. The Morgan fingerprint density at radius 1 is 1.00 bits per heavy atom. The fraction of sp³-hybridized carbons (Fsp3) is 0.400. The van der Waals surface area contributed by atoms with Gasteiger partial charge in [-0.1, -0.05) is 54.6 Å². The molecular formula is C30H36N2O4. The zero-order valence-corrected chi connectivity index (χ0v) is 21.6. The Morgan fingerprint density at radius 2 is 1.75 bits per heavy atom. The molecule has 1 amide bonds. The highest BCUT2D eigenvalue weighted by molar-refractivity contribution is 5.69. The molecule has 0 N–H and O–H groups in total. The minimum atomic E-state index is -0.504. The second kappa shape index (κ2) is 11.6. The van der Waals surface area contributed by atoms with Crippen LogP contribution in [0.4, 0.5) is 4.79 Å². The molecule has 2 aromatic carbocycles. The molecule has 1 aliphatic heterocycles. The van der Waals surface area contributed by atoms with Crippen LogP contribution < -0.4 is 4.74 Å². The van der Waals surface area contributed by atoms with Crippen molar-refractivity contribution in [2.75, 3.05) is 20.3 Å². The van der Waals surface area contributed by atoms with Gasteiger partial charge in [-0.3, -0.25) is 4.98 Å². The van der Waals surface area contributed by atoms with E-state index in [-0.39, 0.29) is 18.2 Å². The van der Waals surface area contributed by atoms with Crippen LogP contribution in [0.5, 0.6) is 5.75 Å². The Morgan fingerprint density at radius 3 is 2.44 bits per heavy atom. The number of pyridine rings is 1. The first kappa shape index (κ1) is 25.7. The Kier molecular flexibility index (Phi) is 8.26. The van der Waals surface area contributed by atoms with Crippen LogP contribution in [-0.4, -0.2) is 54.0 Å². The number of benzene rings is 2. The van der Waals surface area contributed by atoms with Crippen molar-refractivity contribution >= 4 is 6.09 Å². The molecule has 0 spiro atoms. The molecule has 2 atom stereocenters. The van der Waals surface area contributed by atoms with Crippen LogP contribution in [0.25, 0.3) is 11.1 Å². The number of amides is 1. The van der Waals surface area contributed by atoms with Crippen LogP contribution in [-0.2, 0) is 22.3 Å². The molecule has 36 heavy (non-hydrogen) atoms. The van der Waals surface area contributed by atoms with Gasteiger partial charge in [0.1, 0.15) is 18.0 Å². The van der Waals surface area contributed by atoms with Crippen LogP contribution >= 0.6 is 0 Å². The topological polar surface area (TPSA) is 60.9 Å². The summed E-state index contributed by atoms with van der Waals surface area (Å²) < 4.78 is 17.3. The van der Waals surface area contributed by atoms with Crippen molar-refractivity contribution in [3.05, 3.63) is 84.2 Å². The van der Waals surface area contributed by atoms with Crippen LogP contribution in [0.3, 0.4) is 0 Å². The molecule has 1 fully saturated rings. The van der Waals surface area contributed by atoms with Gasteiger partial charge in [-0.05, 0) is 62.8 Å². The van der Waals surface area contributed by atoms with E-state index in [0.29, 0.717) is 18.9 Å². The molecule has 6 nitrogen and oxygen atoms in total. The van der Waals surface area contributed by atoms with Crippen LogP contribution in [0.15, 0.2) is 73.1 Å². The maximum atomic E-state index is 12.4. The highest BCUT2D eigenvalue weighted by Gasteiger charge is 2.35. The first-order chi connectivity index (χ1) is 17.3. The molecule has 0 radical (unpaired) electrons. The summed E-state index contributed by atoms with van der Waals surface area (Å²) in [6.07, 6.45) is 5.97. The second-order valence-corrected chi connectivity index (χ2v) is 10.3. The van der Waals surface area contributed by atoms with E-state index >= 15 is 0 Å². The minimum absolute atomic E-state index is 0.0161. The largest absolute Gasteiger partial charge is 0.490 e. The van der Waals surface area contributed by atoms with E-state index in [0.717, 1.165) is 30.4 Å². The standard InChI is InChI=1S/C30H36N2O4/c1-30(2,3)36-29(33)32-14-13-26(32)21-35-28-18-25(19-31-20-28)24-12-8-11-23(15-24)17-27(34-4)16-22-9-6-5-7-10-22/h5-12,15,18-20,26-27H,13-14,16-17,21H2,1-4H3/t26-,27+/m1/s1. The lowest BCUT2D eigenvalue weighted by Crippen LogP contribution is -2.55. The van der Waals surface area contributed by atoms with Crippen LogP contribution in [0.2, 0.25) is 0 Å². The van der Waals surface area contributed by atoms with Gasteiger partial charge in [0, 0.05) is 25.4 Å². The smallest absolute Gasteiger partial charge is 0.410 e. The Balaban J connectivity index is 1.37. The third-order valence-corrected chi connectivity index (χ3v) is 6.29. The summed E-state index contributed by atoms with van der Waals surface area (Å²) in [5.41, 5.74) is 4.05. The number of rotatable bonds is 9. The number of ether oxygens (including phenoxy) is 3. The molecule has 0 bridgehead atoms. The normalized spacial score (nSPS) is 16.2. The lowest BCUT2D eigenvalue weighted by atomic mass is 9.98. The minimum Gasteiger partial charge on any atom is -0.490 e. The average Bonchev–Trinajstić information content (AvgIpc) is 2.83. The number of hydrogen-bond acceptors (Lipinski definition) is 5. The van der Waals surface area contributed by atoms with Crippen molar-refractivity contribution in [1.29, 1.82) is 0 Å². The Labute approximate surface area is 214 Å². The first-order valence-electron chi connectivity index (χ1n) is 12.5. The molecule has 1 saturated heterocycles. The van der Waals surface area contributed by atoms with Gasteiger partial charge in [-0.25, -0.2) is 4.79 Å². The quantitative estimate of drug-likeness (QED) is 0.373. The van der Waals surface area contributed by atoms with Crippen molar-refractivity contribution in [1.82, 2.24) is 9.88 Å². The summed E-state index contributed by atoms with van der Waals surface area (Å²) in [7, 11) is 1.77. The fourth-order valence-corrected chi connectivity index (χ4v) is 4.28. The van der Waals surface area contributed by atoms with Gasteiger partial charge in [0.15, 0.2) is 0 Å². The highest BCUT2D eigenvalue weighted by Crippen LogP contribution is 2.26. The fourth-order valence-electron chi connectivity index (χ4n) is 4.28. The van der Waals surface area contributed by atoms with Crippen molar-refractivity contribution in [2.45, 2.75) is 57.8 Å². The van der Waals surface area contributed by atoms with E-state index in [1.165, 1.54) is 11.1 Å². The monoisotopic (exact) mass is 488 g/mol. The summed E-state index contributed by atoms with van der Waals surface area (Å²) in [5.74, 6) is 0.688. The van der Waals surface area contributed by atoms with E-state index in [4.69, 9.17) is 14.2 Å². The molecule has 0 saturated carbocycles. The number of carbonyl (C=O) groups excluding carboxylic acids is 1.